The second-order valence-corrected chi connectivity index (χ2v) is 4.01. The van der Waals surface area contributed by atoms with E-state index in [9.17, 15) is 4.79 Å². The lowest BCUT2D eigenvalue weighted by Gasteiger charge is -2.17. The van der Waals surface area contributed by atoms with Crippen LogP contribution in [0.1, 0.15) is 26.2 Å². The predicted octanol–water partition coefficient (Wildman–Crippen LogP) is 1.78. The van der Waals surface area contributed by atoms with Gasteiger partial charge in [0.1, 0.15) is 0 Å². The third-order valence-corrected chi connectivity index (χ3v) is 3.08. The Morgan fingerprint density at radius 2 is 2.09 bits per heavy atom. The van der Waals surface area contributed by atoms with Crippen LogP contribution in [0.15, 0.2) is 0 Å². The molecule has 64 valence electrons. The summed E-state index contributed by atoms with van der Waals surface area (Å²) in [5, 5.41) is 0. The van der Waals surface area contributed by atoms with Crippen LogP contribution in [0.4, 0.5) is 0 Å². The Balaban J connectivity index is 2.39. The van der Waals surface area contributed by atoms with E-state index in [1.807, 2.05) is 11.8 Å². The maximum atomic E-state index is 11.5. The second kappa shape index (κ2) is 4.10. The molecule has 1 amide bonds. The van der Waals surface area contributed by atoms with Gasteiger partial charge in [0.15, 0.2) is 0 Å². The minimum absolute atomic E-state index is 0.0422. The van der Waals surface area contributed by atoms with Gasteiger partial charge in [0, 0.05) is 13.1 Å². The Hall–Kier alpha value is -0.0500. The summed E-state index contributed by atoms with van der Waals surface area (Å²) in [5.74, 6) is 0.269. The van der Waals surface area contributed by atoms with Crippen molar-refractivity contribution in [1.82, 2.24) is 4.90 Å². The van der Waals surface area contributed by atoms with E-state index in [1.165, 1.54) is 12.8 Å². The number of rotatable bonds is 2. The molecule has 0 spiro atoms. The van der Waals surface area contributed by atoms with Crippen LogP contribution in [0.25, 0.3) is 0 Å². The fourth-order valence-corrected chi connectivity index (χ4v) is 1.60. The Bertz CT molecular complexity index is 143. The maximum Gasteiger partial charge on any atom is 0.236 e. The summed E-state index contributed by atoms with van der Waals surface area (Å²) in [7, 11) is 0. The quantitative estimate of drug-likeness (QED) is 0.649. The number of amides is 1. The Morgan fingerprint density at radius 3 is 2.55 bits per heavy atom. The second-order valence-electron chi connectivity index (χ2n) is 2.91. The molecular weight excluding hydrogens is 206 g/mol. The number of nitrogens with zero attached hydrogens (tertiary/aromatic N) is 1. The van der Waals surface area contributed by atoms with E-state index < -0.39 is 0 Å². The summed E-state index contributed by atoms with van der Waals surface area (Å²) in [5.41, 5.74) is 0. The first-order valence-electron chi connectivity index (χ1n) is 4.18. The molecule has 0 bridgehead atoms. The van der Waals surface area contributed by atoms with Crippen molar-refractivity contribution in [3.05, 3.63) is 0 Å². The minimum Gasteiger partial charge on any atom is -0.342 e. The van der Waals surface area contributed by atoms with E-state index in [2.05, 4.69) is 15.9 Å². The number of likely N-dealkylation sites (tertiary alicyclic amines) is 1. The average Bonchev–Trinajstić information content (AvgIpc) is 2.53. The van der Waals surface area contributed by atoms with E-state index in [1.54, 1.807) is 0 Å². The van der Waals surface area contributed by atoms with Crippen molar-refractivity contribution in [3.8, 4) is 0 Å². The van der Waals surface area contributed by atoms with Gasteiger partial charge in [-0.2, -0.15) is 0 Å². The first kappa shape index (κ1) is 9.04. The highest BCUT2D eigenvalue weighted by Crippen LogP contribution is 2.14. The van der Waals surface area contributed by atoms with Crippen molar-refractivity contribution >= 4 is 21.8 Å². The molecule has 0 saturated carbocycles. The normalized spacial score (nSPS) is 20.4. The molecule has 0 N–H and O–H groups in total. The molecule has 0 aromatic rings. The van der Waals surface area contributed by atoms with Gasteiger partial charge in [0.2, 0.25) is 5.91 Å². The van der Waals surface area contributed by atoms with Gasteiger partial charge in [-0.3, -0.25) is 4.79 Å². The molecule has 1 atom stereocenters. The van der Waals surface area contributed by atoms with Crippen LogP contribution < -0.4 is 0 Å². The summed E-state index contributed by atoms with van der Waals surface area (Å²) in [6.07, 6.45) is 3.24. The maximum absolute atomic E-state index is 11.5. The summed E-state index contributed by atoms with van der Waals surface area (Å²) < 4.78 is 0. The van der Waals surface area contributed by atoms with E-state index in [0.717, 1.165) is 19.5 Å². The Kier molecular flexibility index (Phi) is 3.37. The van der Waals surface area contributed by atoms with Crippen molar-refractivity contribution in [2.24, 2.45) is 0 Å². The van der Waals surface area contributed by atoms with Gasteiger partial charge < -0.3 is 4.90 Å². The SMILES string of the molecule is CC[C@@H](Br)C(=O)N1CCCC1. The van der Waals surface area contributed by atoms with Gasteiger partial charge in [-0.1, -0.05) is 22.9 Å². The van der Waals surface area contributed by atoms with Crippen molar-refractivity contribution in [3.63, 3.8) is 0 Å². The predicted molar refractivity (Wildman–Crippen MR) is 48.8 cm³/mol. The molecule has 2 nitrogen and oxygen atoms in total. The third-order valence-electron chi connectivity index (χ3n) is 2.04. The summed E-state index contributed by atoms with van der Waals surface area (Å²) in [4.78, 5) is 13.4. The van der Waals surface area contributed by atoms with Gasteiger partial charge in [-0.05, 0) is 19.3 Å². The van der Waals surface area contributed by atoms with E-state index in [4.69, 9.17) is 0 Å². The smallest absolute Gasteiger partial charge is 0.236 e. The highest BCUT2D eigenvalue weighted by molar-refractivity contribution is 9.10. The van der Waals surface area contributed by atoms with Crippen LogP contribution in [0, 0.1) is 0 Å². The standard InChI is InChI=1S/C8H14BrNO/c1-2-7(9)8(11)10-5-3-4-6-10/h7H,2-6H2,1H3/t7-/m1/s1. The number of carbonyl (C=O) groups is 1. The largest absolute Gasteiger partial charge is 0.342 e. The van der Waals surface area contributed by atoms with Gasteiger partial charge in [0.25, 0.3) is 0 Å². The monoisotopic (exact) mass is 219 g/mol. The average molecular weight is 220 g/mol. The molecule has 1 saturated heterocycles. The zero-order chi connectivity index (χ0) is 8.27. The van der Waals surface area contributed by atoms with Gasteiger partial charge in [-0.25, -0.2) is 0 Å². The van der Waals surface area contributed by atoms with Crippen LogP contribution in [0.2, 0.25) is 0 Å². The molecule has 1 rings (SSSR count). The van der Waals surface area contributed by atoms with Crippen LogP contribution in [0.3, 0.4) is 0 Å². The molecule has 1 heterocycles. The number of alkyl halides is 1. The van der Waals surface area contributed by atoms with E-state index in [-0.39, 0.29) is 10.7 Å². The lowest BCUT2D eigenvalue weighted by atomic mass is 10.3. The molecule has 11 heavy (non-hydrogen) atoms. The molecule has 0 radical (unpaired) electrons. The van der Waals surface area contributed by atoms with Crippen molar-refractivity contribution in [2.45, 2.75) is 31.0 Å². The van der Waals surface area contributed by atoms with Crippen molar-refractivity contribution in [1.29, 1.82) is 0 Å². The fraction of sp³-hybridized carbons (Fsp3) is 0.875. The zero-order valence-electron chi connectivity index (χ0n) is 6.85. The number of halogens is 1. The lowest BCUT2D eigenvalue weighted by molar-refractivity contribution is -0.129. The van der Waals surface area contributed by atoms with Gasteiger partial charge >= 0.3 is 0 Å². The fourth-order valence-electron chi connectivity index (χ4n) is 1.31. The highest BCUT2D eigenvalue weighted by atomic mass is 79.9. The molecule has 1 aliphatic rings. The van der Waals surface area contributed by atoms with E-state index >= 15 is 0 Å². The molecule has 1 aliphatic heterocycles. The third kappa shape index (κ3) is 2.19. The number of hydrogen-bond acceptors (Lipinski definition) is 1. The molecule has 0 aromatic carbocycles. The lowest BCUT2D eigenvalue weighted by Crippen LogP contribution is -2.33. The van der Waals surface area contributed by atoms with Crippen LogP contribution in [-0.2, 0) is 4.79 Å². The van der Waals surface area contributed by atoms with Crippen LogP contribution >= 0.6 is 15.9 Å². The van der Waals surface area contributed by atoms with E-state index in [0.29, 0.717) is 0 Å². The molecule has 0 aromatic heterocycles. The molecular formula is C8H14BrNO. The first-order valence-corrected chi connectivity index (χ1v) is 5.10. The van der Waals surface area contributed by atoms with Crippen molar-refractivity contribution < 1.29 is 4.79 Å². The van der Waals surface area contributed by atoms with Gasteiger partial charge in [0.05, 0.1) is 4.83 Å². The summed E-state index contributed by atoms with van der Waals surface area (Å²) in [6.45, 7) is 3.94. The van der Waals surface area contributed by atoms with Crippen LogP contribution in [0.5, 0.6) is 0 Å². The highest BCUT2D eigenvalue weighted by Gasteiger charge is 2.22. The molecule has 0 aliphatic carbocycles. The summed E-state index contributed by atoms with van der Waals surface area (Å²) >= 11 is 3.36. The molecule has 3 heteroatoms. The Morgan fingerprint density at radius 1 is 1.55 bits per heavy atom. The topological polar surface area (TPSA) is 20.3 Å². The number of carbonyl (C=O) groups excluding carboxylic acids is 1. The molecule has 1 fully saturated rings. The number of hydrogen-bond donors (Lipinski definition) is 0. The van der Waals surface area contributed by atoms with Crippen LogP contribution in [-0.4, -0.2) is 28.7 Å². The minimum atomic E-state index is 0.0422. The Labute approximate surface area is 76.1 Å². The first-order chi connectivity index (χ1) is 5.25. The molecule has 0 unspecified atom stereocenters. The summed E-state index contributed by atoms with van der Waals surface area (Å²) in [6, 6.07) is 0. The van der Waals surface area contributed by atoms with Gasteiger partial charge in [-0.15, -0.1) is 0 Å². The zero-order valence-corrected chi connectivity index (χ0v) is 8.43. The van der Waals surface area contributed by atoms with Crippen molar-refractivity contribution in [2.75, 3.05) is 13.1 Å².